The lowest BCUT2D eigenvalue weighted by Crippen LogP contribution is -2.39. The number of anilines is 1. The summed E-state index contributed by atoms with van der Waals surface area (Å²) in [4.78, 5) is 25.6. The number of benzene rings is 3. The minimum absolute atomic E-state index is 0.0779. The first-order valence-electron chi connectivity index (χ1n) is 10.8. The highest BCUT2D eigenvalue weighted by molar-refractivity contribution is 7.89. The maximum atomic E-state index is 13.5. The molecule has 1 N–H and O–H groups in total. The van der Waals surface area contributed by atoms with Crippen molar-refractivity contribution in [1.82, 2.24) is 4.31 Å². The molecule has 0 unspecified atom stereocenters. The van der Waals surface area contributed by atoms with Gasteiger partial charge in [0.2, 0.25) is 15.9 Å². The second-order valence-corrected chi connectivity index (χ2v) is 10.5. The van der Waals surface area contributed by atoms with Crippen molar-refractivity contribution < 1.29 is 27.5 Å². The topological polar surface area (TPSA) is 95.0 Å². The Kier molecular flexibility index (Phi) is 7.20. The number of hydrogen-bond donors (Lipinski definition) is 1. The van der Waals surface area contributed by atoms with Gasteiger partial charge in [0, 0.05) is 30.2 Å². The van der Waals surface area contributed by atoms with Crippen LogP contribution < -0.4 is 4.90 Å². The van der Waals surface area contributed by atoms with Crippen LogP contribution in [0, 0.1) is 5.82 Å². The molecular formula is C25H22ClFN2O5S. The molecule has 3 aromatic carbocycles. The Hall–Kier alpha value is -3.27. The molecule has 0 radical (unpaired) electrons. The third-order valence-electron chi connectivity index (χ3n) is 5.79. The van der Waals surface area contributed by atoms with Gasteiger partial charge in [0.05, 0.1) is 4.90 Å². The van der Waals surface area contributed by atoms with Crippen molar-refractivity contribution >= 4 is 39.2 Å². The first kappa shape index (κ1) is 24.8. The van der Waals surface area contributed by atoms with Gasteiger partial charge < -0.3 is 10.0 Å². The summed E-state index contributed by atoms with van der Waals surface area (Å²) in [6.45, 7) is -0.731. The van der Waals surface area contributed by atoms with E-state index in [1.807, 2.05) is 0 Å². The fourth-order valence-electron chi connectivity index (χ4n) is 4.03. The summed E-state index contributed by atoms with van der Waals surface area (Å²) in [7, 11) is -4.18. The molecule has 0 spiro atoms. The van der Waals surface area contributed by atoms with Crippen LogP contribution in [0.4, 0.5) is 10.1 Å². The predicted octanol–water partition coefficient (Wildman–Crippen LogP) is 4.20. The number of carboxylic acid groups (broad SMARTS) is 1. The lowest BCUT2D eigenvalue weighted by Gasteiger charge is -2.22. The summed E-state index contributed by atoms with van der Waals surface area (Å²) in [5.41, 5.74) is 2.90. The van der Waals surface area contributed by atoms with Crippen molar-refractivity contribution in [3.8, 4) is 11.1 Å². The van der Waals surface area contributed by atoms with Gasteiger partial charge in [-0.2, -0.15) is 4.31 Å². The van der Waals surface area contributed by atoms with Gasteiger partial charge in [0.1, 0.15) is 12.4 Å². The molecule has 182 valence electrons. The van der Waals surface area contributed by atoms with Crippen molar-refractivity contribution in [2.45, 2.75) is 17.7 Å². The van der Waals surface area contributed by atoms with Gasteiger partial charge in [-0.15, -0.1) is 0 Å². The van der Waals surface area contributed by atoms with Gasteiger partial charge in [-0.1, -0.05) is 35.9 Å². The van der Waals surface area contributed by atoms with Crippen molar-refractivity contribution in [3.05, 3.63) is 83.1 Å². The van der Waals surface area contributed by atoms with E-state index in [4.69, 9.17) is 11.6 Å². The molecule has 1 amide bonds. The number of fused-ring (bicyclic) bond motifs is 1. The first-order valence-corrected chi connectivity index (χ1v) is 12.6. The molecule has 4 rings (SSSR count). The number of carboxylic acids is 1. The largest absolute Gasteiger partial charge is 0.480 e. The van der Waals surface area contributed by atoms with E-state index in [0.29, 0.717) is 29.2 Å². The number of hydrogen-bond acceptors (Lipinski definition) is 4. The quantitative estimate of drug-likeness (QED) is 0.484. The smallest absolute Gasteiger partial charge is 0.318 e. The third-order valence-corrected chi connectivity index (χ3v) is 7.91. The molecule has 1 aliphatic rings. The fraction of sp³-hybridized carbons (Fsp3) is 0.200. The summed E-state index contributed by atoms with van der Waals surface area (Å²) in [5.74, 6) is -2.08. The summed E-state index contributed by atoms with van der Waals surface area (Å²) in [5, 5.41) is 9.87. The number of aliphatic carboxylic acids is 1. The van der Waals surface area contributed by atoms with Crippen molar-refractivity contribution in [2.24, 2.45) is 0 Å². The minimum atomic E-state index is -4.18. The molecule has 7 nitrogen and oxygen atoms in total. The lowest BCUT2D eigenvalue weighted by molar-refractivity contribution is -0.137. The molecule has 0 fully saturated rings. The molecule has 0 aromatic heterocycles. The number of nitrogens with zero attached hydrogens (tertiary/aromatic N) is 2. The highest BCUT2D eigenvalue weighted by atomic mass is 35.5. The number of halogens is 2. The predicted molar refractivity (Wildman–Crippen MR) is 130 cm³/mol. The standard InChI is InChI=1S/C25H22ClFN2O5S/c26-20-5-1-17(2-6-20)18-3-8-22(9-4-18)35(33,34)28(16-25(31)32)13-12-24(30)29-14-11-19-15-21(27)7-10-23(19)29/h1-10,15H,11-14,16H2,(H,31,32). The van der Waals surface area contributed by atoms with E-state index in [2.05, 4.69) is 0 Å². The van der Waals surface area contributed by atoms with Crippen LogP contribution in [0.25, 0.3) is 11.1 Å². The fourth-order valence-corrected chi connectivity index (χ4v) is 5.55. The van der Waals surface area contributed by atoms with E-state index in [0.717, 1.165) is 15.4 Å². The van der Waals surface area contributed by atoms with Crippen LogP contribution in [0.15, 0.2) is 71.6 Å². The van der Waals surface area contributed by atoms with Crippen LogP contribution in [0.3, 0.4) is 0 Å². The average molecular weight is 517 g/mol. The number of sulfonamides is 1. The monoisotopic (exact) mass is 516 g/mol. The Labute approximate surface area is 207 Å². The van der Waals surface area contributed by atoms with Crippen molar-refractivity contribution in [2.75, 3.05) is 24.5 Å². The maximum Gasteiger partial charge on any atom is 0.318 e. The molecule has 35 heavy (non-hydrogen) atoms. The second-order valence-electron chi connectivity index (χ2n) is 8.08. The van der Waals surface area contributed by atoms with E-state index in [1.54, 1.807) is 36.4 Å². The molecule has 0 saturated carbocycles. The van der Waals surface area contributed by atoms with Gasteiger partial charge in [-0.25, -0.2) is 12.8 Å². The molecule has 0 aliphatic carbocycles. The molecule has 1 heterocycles. The number of rotatable bonds is 8. The van der Waals surface area contributed by atoms with Crippen LogP contribution in [0.5, 0.6) is 0 Å². The van der Waals surface area contributed by atoms with E-state index in [9.17, 15) is 27.5 Å². The Bertz CT molecular complexity index is 1360. The Morgan fingerprint density at radius 1 is 1.00 bits per heavy atom. The van der Waals surface area contributed by atoms with E-state index < -0.39 is 22.5 Å². The maximum absolute atomic E-state index is 13.5. The van der Waals surface area contributed by atoms with Crippen LogP contribution in [-0.2, 0) is 26.0 Å². The number of amides is 1. The zero-order valence-corrected chi connectivity index (χ0v) is 20.1. The van der Waals surface area contributed by atoms with Crippen LogP contribution in [0.1, 0.15) is 12.0 Å². The number of carbonyl (C=O) groups excluding carboxylic acids is 1. The van der Waals surface area contributed by atoms with Crippen molar-refractivity contribution in [1.29, 1.82) is 0 Å². The van der Waals surface area contributed by atoms with Gasteiger partial charge in [0.25, 0.3) is 0 Å². The zero-order valence-electron chi connectivity index (χ0n) is 18.5. The normalized spacial score (nSPS) is 13.2. The van der Waals surface area contributed by atoms with Gasteiger partial charge >= 0.3 is 5.97 Å². The average Bonchev–Trinajstić information content (AvgIpc) is 3.25. The van der Waals surface area contributed by atoms with Crippen LogP contribution in [-0.4, -0.2) is 49.3 Å². The summed E-state index contributed by atoms with van der Waals surface area (Å²) in [6.07, 6.45) is 0.280. The van der Waals surface area contributed by atoms with Crippen LogP contribution >= 0.6 is 11.6 Å². The summed E-state index contributed by atoms with van der Waals surface area (Å²) < 4.78 is 40.7. The minimum Gasteiger partial charge on any atom is -0.480 e. The zero-order chi connectivity index (χ0) is 25.2. The summed E-state index contributed by atoms with van der Waals surface area (Å²) >= 11 is 5.91. The Morgan fingerprint density at radius 3 is 2.26 bits per heavy atom. The van der Waals surface area contributed by atoms with Crippen molar-refractivity contribution in [3.63, 3.8) is 0 Å². The molecule has 0 saturated heterocycles. The van der Waals surface area contributed by atoms with E-state index >= 15 is 0 Å². The number of carbonyl (C=O) groups is 2. The molecule has 3 aromatic rings. The third kappa shape index (κ3) is 5.53. The molecule has 0 bridgehead atoms. The molecule has 10 heteroatoms. The van der Waals surface area contributed by atoms with Crippen LogP contribution in [0.2, 0.25) is 5.02 Å². The molecule has 1 aliphatic heterocycles. The SMILES string of the molecule is O=C(O)CN(CCC(=O)N1CCc2cc(F)ccc21)S(=O)(=O)c1ccc(-c2ccc(Cl)cc2)cc1. The molecule has 0 atom stereocenters. The van der Waals surface area contributed by atoms with E-state index in [-0.39, 0.29) is 29.6 Å². The Balaban J connectivity index is 1.50. The Morgan fingerprint density at radius 2 is 1.63 bits per heavy atom. The highest BCUT2D eigenvalue weighted by Crippen LogP contribution is 2.29. The van der Waals surface area contributed by atoms with Gasteiger partial charge in [-0.3, -0.25) is 9.59 Å². The molecular weight excluding hydrogens is 495 g/mol. The van der Waals surface area contributed by atoms with Gasteiger partial charge in [0.15, 0.2) is 0 Å². The van der Waals surface area contributed by atoms with E-state index in [1.165, 1.54) is 35.2 Å². The van der Waals surface area contributed by atoms with Gasteiger partial charge in [-0.05, 0) is 65.6 Å². The summed E-state index contributed by atoms with van der Waals surface area (Å²) in [6, 6.07) is 17.3. The first-order chi connectivity index (χ1) is 16.6. The highest BCUT2D eigenvalue weighted by Gasteiger charge is 2.30. The lowest BCUT2D eigenvalue weighted by atomic mass is 10.1. The second kappa shape index (κ2) is 10.2.